The zero-order chi connectivity index (χ0) is 15.3. The molecule has 1 aromatic rings. The first-order valence-corrected chi connectivity index (χ1v) is 6.17. The number of benzene rings is 1. The van der Waals surface area contributed by atoms with Crippen LogP contribution in [0.4, 0.5) is 18.9 Å². The number of phenols is 1. The van der Waals surface area contributed by atoms with Crippen molar-refractivity contribution in [3.8, 4) is 5.75 Å². The van der Waals surface area contributed by atoms with E-state index in [4.69, 9.17) is 0 Å². The first-order chi connectivity index (χ1) is 9.24. The van der Waals surface area contributed by atoms with Crippen LogP contribution in [-0.2, 0) is 11.0 Å². The van der Waals surface area contributed by atoms with Crippen LogP contribution in [0, 0.1) is 0 Å². The van der Waals surface area contributed by atoms with Gasteiger partial charge in [-0.15, -0.1) is 0 Å². The maximum absolute atomic E-state index is 12.5. The van der Waals surface area contributed by atoms with Crippen LogP contribution in [0.1, 0.15) is 25.8 Å². The second-order valence-electron chi connectivity index (χ2n) is 4.44. The summed E-state index contributed by atoms with van der Waals surface area (Å²) in [6, 6.07) is 2.27. The molecule has 1 amide bonds. The van der Waals surface area contributed by atoms with Gasteiger partial charge in [0.15, 0.2) is 0 Å². The normalized spacial score (nSPS) is 13.1. The van der Waals surface area contributed by atoms with Gasteiger partial charge >= 0.3 is 6.18 Å². The lowest BCUT2D eigenvalue weighted by molar-refractivity contribution is -0.137. The number of aromatic hydroxyl groups is 1. The molecular formula is C13H17F3N2O2. The number of hydrogen-bond acceptors (Lipinski definition) is 3. The summed E-state index contributed by atoms with van der Waals surface area (Å²) >= 11 is 0. The van der Waals surface area contributed by atoms with Crippen molar-refractivity contribution in [3.63, 3.8) is 0 Å². The van der Waals surface area contributed by atoms with Crippen molar-refractivity contribution in [1.82, 2.24) is 5.32 Å². The zero-order valence-corrected chi connectivity index (χ0v) is 11.2. The number of rotatable bonds is 5. The topological polar surface area (TPSA) is 61.4 Å². The highest BCUT2D eigenvalue weighted by Crippen LogP contribution is 2.34. The molecule has 1 unspecified atom stereocenters. The Morgan fingerprint density at radius 2 is 2.05 bits per heavy atom. The number of anilines is 1. The zero-order valence-electron chi connectivity index (χ0n) is 11.2. The van der Waals surface area contributed by atoms with Gasteiger partial charge in [-0.1, -0.05) is 6.92 Å². The Bertz CT molecular complexity index is 475. The number of carbonyl (C=O) groups is 1. The Hall–Kier alpha value is -1.76. The van der Waals surface area contributed by atoms with E-state index in [1.54, 1.807) is 6.92 Å². The quantitative estimate of drug-likeness (QED) is 0.731. The van der Waals surface area contributed by atoms with E-state index in [-0.39, 0.29) is 18.2 Å². The standard InChI is InChI=1S/C13H17F3N2O2/c1-3-17-8(2)6-12(20)18-10-7-9(13(14,15)16)4-5-11(10)19/h4-5,7-8,17,19H,3,6H2,1-2H3,(H,18,20). The summed E-state index contributed by atoms with van der Waals surface area (Å²) in [7, 11) is 0. The van der Waals surface area contributed by atoms with Crippen molar-refractivity contribution in [1.29, 1.82) is 0 Å². The second kappa shape index (κ2) is 6.60. The van der Waals surface area contributed by atoms with Gasteiger partial charge < -0.3 is 15.7 Å². The summed E-state index contributed by atoms with van der Waals surface area (Å²) in [5.41, 5.74) is -1.17. The molecule has 0 aromatic heterocycles. The molecule has 3 N–H and O–H groups in total. The van der Waals surface area contributed by atoms with Crippen LogP contribution < -0.4 is 10.6 Å². The minimum Gasteiger partial charge on any atom is -0.506 e. The molecule has 4 nitrogen and oxygen atoms in total. The van der Waals surface area contributed by atoms with Crippen molar-refractivity contribution in [2.24, 2.45) is 0 Å². The highest BCUT2D eigenvalue weighted by Gasteiger charge is 2.31. The molecule has 20 heavy (non-hydrogen) atoms. The van der Waals surface area contributed by atoms with Crippen molar-refractivity contribution >= 4 is 11.6 Å². The fraction of sp³-hybridized carbons (Fsp3) is 0.462. The van der Waals surface area contributed by atoms with Gasteiger partial charge in [0.1, 0.15) is 5.75 Å². The van der Waals surface area contributed by atoms with Crippen LogP contribution in [-0.4, -0.2) is 23.6 Å². The summed E-state index contributed by atoms with van der Waals surface area (Å²) in [4.78, 5) is 11.7. The van der Waals surface area contributed by atoms with Crippen molar-refractivity contribution < 1.29 is 23.1 Å². The van der Waals surface area contributed by atoms with E-state index in [0.29, 0.717) is 12.6 Å². The third-order valence-corrected chi connectivity index (χ3v) is 2.64. The Morgan fingerprint density at radius 1 is 1.40 bits per heavy atom. The van der Waals surface area contributed by atoms with E-state index in [1.807, 2.05) is 6.92 Å². The lowest BCUT2D eigenvalue weighted by Gasteiger charge is -2.14. The van der Waals surface area contributed by atoms with E-state index in [1.165, 1.54) is 0 Å². The predicted molar refractivity (Wildman–Crippen MR) is 69.5 cm³/mol. The molecule has 7 heteroatoms. The van der Waals surface area contributed by atoms with Crippen LogP contribution in [0.15, 0.2) is 18.2 Å². The second-order valence-corrected chi connectivity index (χ2v) is 4.44. The van der Waals surface area contributed by atoms with E-state index in [0.717, 1.165) is 12.1 Å². The van der Waals surface area contributed by atoms with Gasteiger partial charge in [-0.2, -0.15) is 13.2 Å². The molecular weight excluding hydrogens is 273 g/mol. The molecule has 112 valence electrons. The SMILES string of the molecule is CCNC(C)CC(=O)Nc1cc(C(F)(F)F)ccc1O. The number of phenolic OH excluding ortho intramolecular Hbond substituents is 1. The van der Waals surface area contributed by atoms with Gasteiger partial charge in [0.05, 0.1) is 11.3 Å². The number of hydrogen-bond donors (Lipinski definition) is 3. The fourth-order valence-electron chi connectivity index (χ4n) is 1.71. The third kappa shape index (κ3) is 4.73. The Labute approximate surface area is 115 Å². The summed E-state index contributed by atoms with van der Waals surface area (Å²) in [5.74, 6) is -0.865. The van der Waals surface area contributed by atoms with E-state index in [9.17, 15) is 23.1 Å². The van der Waals surface area contributed by atoms with Gasteiger partial charge in [-0.3, -0.25) is 4.79 Å². The lowest BCUT2D eigenvalue weighted by atomic mass is 10.1. The van der Waals surface area contributed by atoms with Gasteiger partial charge in [0, 0.05) is 12.5 Å². The average Bonchev–Trinajstić information content (AvgIpc) is 2.30. The fourth-order valence-corrected chi connectivity index (χ4v) is 1.71. The maximum Gasteiger partial charge on any atom is 0.416 e. The molecule has 0 fully saturated rings. The van der Waals surface area contributed by atoms with Crippen LogP contribution in [0.5, 0.6) is 5.75 Å². The maximum atomic E-state index is 12.5. The molecule has 1 aromatic carbocycles. The molecule has 0 bridgehead atoms. The molecule has 0 aliphatic carbocycles. The number of halogens is 3. The molecule has 0 heterocycles. The molecule has 0 aliphatic heterocycles. The Morgan fingerprint density at radius 3 is 2.60 bits per heavy atom. The third-order valence-electron chi connectivity index (χ3n) is 2.64. The van der Waals surface area contributed by atoms with E-state index >= 15 is 0 Å². The molecule has 0 saturated carbocycles. The Kier molecular flexibility index (Phi) is 5.38. The highest BCUT2D eigenvalue weighted by atomic mass is 19.4. The molecule has 0 spiro atoms. The molecule has 0 radical (unpaired) electrons. The number of alkyl halides is 3. The smallest absolute Gasteiger partial charge is 0.416 e. The molecule has 0 saturated heterocycles. The highest BCUT2D eigenvalue weighted by molar-refractivity contribution is 5.92. The van der Waals surface area contributed by atoms with Gasteiger partial charge in [0.2, 0.25) is 5.91 Å². The van der Waals surface area contributed by atoms with Crippen molar-refractivity contribution in [2.45, 2.75) is 32.5 Å². The van der Waals surface area contributed by atoms with Crippen LogP contribution in [0.2, 0.25) is 0 Å². The predicted octanol–water partition coefficient (Wildman–Crippen LogP) is 2.74. The van der Waals surface area contributed by atoms with Crippen LogP contribution >= 0.6 is 0 Å². The summed E-state index contributed by atoms with van der Waals surface area (Å²) in [5, 5.41) is 14.8. The van der Waals surface area contributed by atoms with E-state index < -0.39 is 23.4 Å². The van der Waals surface area contributed by atoms with Crippen LogP contribution in [0.3, 0.4) is 0 Å². The molecule has 1 atom stereocenters. The number of amides is 1. The van der Waals surface area contributed by atoms with E-state index in [2.05, 4.69) is 10.6 Å². The largest absolute Gasteiger partial charge is 0.506 e. The molecule has 1 rings (SSSR count). The van der Waals surface area contributed by atoms with Gasteiger partial charge in [-0.05, 0) is 31.7 Å². The first kappa shape index (κ1) is 16.3. The minimum atomic E-state index is -4.52. The summed E-state index contributed by atoms with van der Waals surface area (Å²) in [6.45, 7) is 4.35. The average molecular weight is 290 g/mol. The first-order valence-electron chi connectivity index (χ1n) is 6.17. The van der Waals surface area contributed by atoms with Gasteiger partial charge in [0.25, 0.3) is 0 Å². The van der Waals surface area contributed by atoms with Crippen LogP contribution in [0.25, 0.3) is 0 Å². The van der Waals surface area contributed by atoms with Crippen molar-refractivity contribution in [3.05, 3.63) is 23.8 Å². The minimum absolute atomic E-state index is 0.101. The monoisotopic (exact) mass is 290 g/mol. The molecule has 0 aliphatic rings. The lowest BCUT2D eigenvalue weighted by Crippen LogP contribution is -2.30. The number of nitrogens with one attached hydrogen (secondary N) is 2. The van der Waals surface area contributed by atoms with Gasteiger partial charge in [-0.25, -0.2) is 0 Å². The van der Waals surface area contributed by atoms with Crippen molar-refractivity contribution in [2.75, 3.05) is 11.9 Å². The Balaban J connectivity index is 2.79. The summed E-state index contributed by atoms with van der Waals surface area (Å²) in [6.07, 6.45) is -4.42. The number of carbonyl (C=O) groups excluding carboxylic acids is 1. The summed E-state index contributed by atoms with van der Waals surface area (Å²) < 4.78 is 37.6.